The maximum Gasteiger partial charge on any atom is 0.276 e. The van der Waals surface area contributed by atoms with Crippen LogP contribution in [0.4, 0.5) is 14.5 Å². The van der Waals surface area contributed by atoms with Crippen molar-refractivity contribution in [3.63, 3.8) is 0 Å². The fourth-order valence-electron chi connectivity index (χ4n) is 4.47. The number of aromatic nitrogens is 3. The second kappa shape index (κ2) is 9.17. The molecule has 0 spiro atoms. The van der Waals surface area contributed by atoms with Gasteiger partial charge in [-0.1, -0.05) is 19.1 Å². The molecule has 0 fully saturated rings. The van der Waals surface area contributed by atoms with Crippen LogP contribution in [0.2, 0.25) is 0 Å². The number of hydrogen-bond acceptors (Lipinski definition) is 3. The summed E-state index contributed by atoms with van der Waals surface area (Å²) in [5.74, 6) is -1.45. The Morgan fingerprint density at radius 3 is 2.40 bits per heavy atom. The third-order valence-corrected chi connectivity index (χ3v) is 6.08. The van der Waals surface area contributed by atoms with Crippen molar-refractivity contribution in [2.75, 3.05) is 11.9 Å². The van der Waals surface area contributed by atoms with E-state index in [1.54, 1.807) is 40.0 Å². The highest BCUT2D eigenvalue weighted by atomic mass is 19.1. The van der Waals surface area contributed by atoms with Gasteiger partial charge in [0, 0.05) is 35.6 Å². The molecule has 0 unspecified atom stereocenters. The van der Waals surface area contributed by atoms with E-state index in [4.69, 9.17) is 0 Å². The molecule has 9 heteroatoms. The van der Waals surface area contributed by atoms with E-state index in [2.05, 4.69) is 15.4 Å². The number of anilines is 1. The highest BCUT2D eigenvalue weighted by Crippen LogP contribution is 2.32. The van der Waals surface area contributed by atoms with Gasteiger partial charge in [0.25, 0.3) is 11.8 Å². The van der Waals surface area contributed by atoms with Crippen LogP contribution in [0.5, 0.6) is 0 Å². The smallest absolute Gasteiger partial charge is 0.276 e. The average molecular weight is 475 g/mol. The molecule has 2 N–H and O–H groups in total. The van der Waals surface area contributed by atoms with Crippen molar-refractivity contribution < 1.29 is 18.4 Å². The third-order valence-electron chi connectivity index (χ3n) is 6.08. The van der Waals surface area contributed by atoms with Gasteiger partial charge in [0.05, 0.1) is 13.1 Å². The number of amides is 2. The predicted molar refractivity (Wildman–Crippen MR) is 126 cm³/mol. The number of halogens is 2. The van der Waals surface area contributed by atoms with Crippen LogP contribution in [0.3, 0.4) is 0 Å². The van der Waals surface area contributed by atoms with Gasteiger partial charge >= 0.3 is 0 Å². The Labute approximate surface area is 200 Å². The van der Waals surface area contributed by atoms with Crippen LogP contribution in [0, 0.1) is 11.6 Å². The summed E-state index contributed by atoms with van der Waals surface area (Å²) >= 11 is 0. The van der Waals surface area contributed by atoms with E-state index >= 15 is 0 Å². The van der Waals surface area contributed by atoms with Crippen LogP contribution in [0.1, 0.15) is 50.6 Å². The lowest BCUT2D eigenvalue weighted by molar-refractivity contribution is 0.0711. The van der Waals surface area contributed by atoms with Crippen molar-refractivity contribution in [3.05, 3.63) is 107 Å². The molecule has 1 aliphatic rings. The molecule has 0 radical (unpaired) electrons. The van der Waals surface area contributed by atoms with Crippen molar-refractivity contribution in [2.24, 2.45) is 0 Å². The molecule has 2 aromatic heterocycles. The molecule has 1 atom stereocenters. The first-order chi connectivity index (χ1) is 16.9. The van der Waals surface area contributed by atoms with Crippen molar-refractivity contribution >= 4 is 17.5 Å². The highest BCUT2D eigenvalue weighted by molar-refractivity contribution is 6.04. The van der Waals surface area contributed by atoms with Crippen LogP contribution < -0.4 is 5.32 Å². The van der Waals surface area contributed by atoms with Gasteiger partial charge in [-0.25, -0.2) is 8.78 Å². The second-order valence-corrected chi connectivity index (χ2v) is 8.63. The molecular formula is C26H23F2N5O2. The minimum Gasteiger partial charge on any atom is -0.357 e. The summed E-state index contributed by atoms with van der Waals surface area (Å²) < 4.78 is 28.4. The van der Waals surface area contributed by atoms with E-state index in [-0.39, 0.29) is 29.9 Å². The molecule has 7 nitrogen and oxygen atoms in total. The van der Waals surface area contributed by atoms with E-state index < -0.39 is 11.7 Å². The predicted octanol–water partition coefficient (Wildman–Crippen LogP) is 4.55. The Kier molecular flexibility index (Phi) is 5.90. The van der Waals surface area contributed by atoms with Crippen molar-refractivity contribution in [2.45, 2.75) is 25.9 Å². The normalized spacial score (nSPS) is 15.1. The third kappa shape index (κ3) is 4.57. The molecule has 5 rings (SSSR count). The monoisotopic (exact) mass is 475 g/mol. The molecule has 4 aromatic rings. The van der Waals surface area contributed by atoms with Crippen LogP contribution >= 0.6 is 0 Å². The summed E-state index contributed by atoms with van der Waals surface area (Å²) in [5.41, 5.74) is 3.44. The summed E-state index contributed by atoms with van der Waals surface area (Å²) in [5, 5.41) is 7.39. The van der Waals surface area contributed by atoms with Gasteiger partial charge in [-0.2, -0.15) is 5.10 Å². The fraction of sp³-hybridized carbons (Fsp3) is 0.192. The van der Waals surface area contributed by atoms with E-state index in [9.17, 15) is 18.4 Å². The summed E-state index contributed by atoms with van der Waals surface area (Å²) in [6, 6.07) is 15.1. The second-order valence-electron chi connectivity index (χ2n) is 8.63. The number of carbonyl (C=O) groups is 2. The van der Waals surface area contributed by atoms with Crippen molar-refractivity contribution in [3.8, 4) is 0 Å². The topological polar surface area (TPSA) is 83.0 Å². The van der Waals surface area contributed by atoms with E-state index in [0.29, 0.717) is 30.0 Å². The maximum absolute atomic E-state index is 13.4. The molecule has 0 aliphatic carbocycles. The Hall–Kier alpha value is -4.27. The zero-order chi connectivity index (χ0) is 24.5. The Morgan fingerprint density at radius 1 is 1.06 bits per heavy atom. The molecule has 35 heavy (non-hydrogen) atoms. The quantitative estimate of drug-likeness (QED) is 0.444. The lowest BCUT2D eigenvalue weighted by Crippen LogP contribution is -2.38. The summed E-state index contributed by atoms with van der Waals surface area (Å²) in [7, 11) is 0. The van der Waals surface area contributed by atoms with Crippen LogP contribution in [0.15, 0.2) is 66.9 Å². The van der Waals surface area contributed by atoms with Crippen LogP contribution in [-0.2, 0) is 13.1 Å². The first-order valence-electron chi connectivity index (χ1n) is 11.2. The Balaban J connectivity index is 1.51. The van der Waals surface area contributed by atoms with Gasteiger partial charge < -0.3 is 15.2 Å². The zero-order valence-electron chi connectivity index (χ0n) is 19.0. The molecule has 1 aliphatic heterocycles. The number of fused-ring (bicyclic) bond motifs is 1. The average Bonchev–Trinajstić information content (AvgIpc) is 3.50. The first-order valence-corrected chi connectivity index (χ1v) is 11.2. The number of rotatable bonds is 5. The van der Waals surface area contributed by atoms with Crippen molar-refractivity contribution in [1.82, 2.24) is 19.7 Å². The van der Waals surface area contributed by atoms with Gasteiger partial charge in [0.2, 0.25) is 0 Å². The molecule has 3 heterocycles. The lowest BCUT2D eigenvalue weighted by Gasteiger charge is -2.32. The van der Waals surface area contributed by atoms with Gasteiger partial charge in [0.1, 0.15) is 17.3 Å². The molecule has 2 amide bonds. The number of nitrogens with one attached hydrogen (secondary N) is 2. The molecule has 178 valence electrons. The number of benzene rings is 2. The maximum atomic E-state index is 13.4. The standard InChI is InChI=1S/C26H23F2N5O2/c1-16-13-32(26(35)22-3-2-12-29-22)15-21-23(25(34)30-20-10-8-19(28)9-11-20)31-33(24(16)21)14-17-4-6-18(27)7-5-17/h2-12,16,29H,13-15H2,1H3,(H,30,34)/t16-/m1/s1. The van der Waals surface area contributed by atoms with Crippen molar-refractivity contribution in [1.29, 1.82) is 0 Å². The van der Waals surface area contributed by atoms with Gasteiger partial charge in [-0.15, -0.1) is 0 Å². The SMILES string of the molecule is C[C@@H]1CN(C(=O)c2ccc[nH]2)Cc2c(C(=O)Nc3ccc(F)cc3)nn(Cc3ccc(F)cc3)c21. The minimum atomic E-state index is -0.452. The van der Waals surface area contributed by atoms with E-state index in [1.165, 1.54) is 36.4 Å². The minimum absolute atomic E-state index is 0.0991. The van der Waals surface area contributed by atoms with Gasteiger partial charge in [0.15, 0.2) is 5.69 Å². The van der Waals surface area contributed by atoms with Gasteiger partial charge in [-0.3, -0.25) is 14.3 Å². The highest BCUT2D eigenvalue weighted by Gasteiger charge is 2.34. The molecular weight excluding hydrogens is 452 g/mol. The largest absolute Gasteiger partial charge is 0.357 e. The van der Waals surface area contributed by atoms with Crippen LogP contribution in [0.25, 0.3) is 0 Å². The zero-order valence-corrected chi connectivity index (χ0v) is 19.0. The molecule has 2 aromatic carbocycles. The molecule has 0 saturated carbocycles. The Morgan fingerprint density at radius 2 is 1.74 bits per heavy atom. The Bertz CT molecular complexity index is 1360. The summed E-state index contributed by atoms with van der Waals surface area (Å²) in [6.07, 6.45) is 1.69. The number of hydrogen-bond donors (Lipinski definition) is 2. The number of nitrogens with zero attached hydrogens (tertiary/aromatic N) is 3. The first kappa shape index (κ1) is 22.5. The van der Waals surface area contributed by atoms with Crippen LogP contribution in [-0.4, -0.2) is 38.0 Å². The van der Waals surface area contributed by atoms with E-state index in [0.717, 1.165) is 11.3 Å². The number of aromatic amines is 1. The fourth-order valence-corrected chi connectivity index (χ4v) is 4.47. The summed E-state index contributed by atoms with van der Waals surface area (Å²) in [6.45, 7) is 3.00. The van der Waals surface area contributed by atoms with E-state index in [1.807, 2.05) is 6.92 Å². The van der Waals surface area contributed by atoms with Gasteiger partial charge in [-0.05, 0) is 54.1 Å². The number of H-pyrrole nitrogens is 1. The molecule has 0 saturated heterocycles. The summed E-state index contributed by atoms with van der Waals surface area (Å²) in [4.78, 5) is 30.9. The number of carbonyl (C=O) groups excluding carboxylic acids is 2. The lowest BCUT2D eigenvalue weighted by atomic mass is 9.95. The molecule has 0 bridgehead atoms.